The minimum Gasteiger partial charge on any atom is -0.508 e. The Morgan fingerprint density at radius 3 is 2.66 bits per heavy atom. The van der Waals surface area contributed by atoms with E-state index in [0.29, 0.717) is 43.0 Å². The van der Waals surface area contributed by atoms with E-state index in [1.165, 1.54) is 12.1 Å². The van der Waals surface area contributed by atoms with Crippen molar-refractivity contribution in [1.82, 2.24) is 4.98 Å². The minimum atomic E-state index is -1.25. The normalized spacial score (nSPS) is 15.6. The maximum atomic E-state index is 14.1. The molecule has 1 saturated heterocycles. The topological polar surface area (TPSA) is 112 Å². The second-order valence-electron chi connectivity index (χ2n) is 8.02. The number of carbonyl (C=O) groups is 1. The third-order valence-electron chi connectivity index (χ3n) is 5.88. The standard InChI is InChI=1S/C24H25FN2O5/c1-13-10-15(2-5-18(13)25)21-17-4-3-16(29)11-19(17)26-23(27-20(12-28)24(30)31)22(21)14-6-8-32-9-7-14/h2-5,10-11,14,20,28-29H,6-9,12H2,1H3,(H,26,27)(H,30,31)/t20-/m1/s1. The van der Waals surface area contributed by atoms with E-state index < -0.39 is 18.6 Å². The molecule has 32 heavy (non-hydrogen) atoms. The van der Waals surface area contributed by atoms with E-state index in [2.05, 4.69) is 10.3 Å². The Kier molecular flexibility index (Phi) is 6.25. The number of ether oxygens (including phenoxy) is 1. The number of aromatic nitrogens is 1. The van der Waals surface area contributed by atoms with Gasteiger partial charge in [0.1, 0.15) is 23.4 Å². The fourth-order valence-electron chi connectivity index (χ4n) is 4.22. The zero-order valence-corrected chi connectivity index (χ0v) is 17.6. The summed E-state index contributed by atoms with van der Waals surface area (Å²) in [7, 11) is 0. The third-order valence-corrected chi connectivity index (χ3v) is 5.88. The van der Waals surface area contributed by atoms with Crippen LogP contribution in [0.4, 0.5) is 10.2 Å². The molecule has 168 valence electrons. The molecule has 2 aromatic carbocycles. The SMILES string of the molecule is Cc1cc(-c2c(C3CCOCC3)c(N[C@H](CO)C(=O)O)nc3cc(O)ccc23)ccc1F. The Balaban J connectivity index is 2.04. The lowest BCUT2D eigenvalue weighted by Gasteiger charge is -2.29. The van der Waals surface area contributed by atoms with Gasteiger partial charge >= 0.3 is 5.97 Å². The summed E-state index contributed by atoms with van der Waals surface area (Å²) >= 11 is 0. The van der Waals surface area contributed by atoms with Crippen LogP contribution in [0, 0.1) is 12.7 Å². The molecule has 0 saturated carbocycles. The number of aryl methyl sites for hydroxylation is 1. The minimum absolute atomic E-state index is 0.0189. The van der Waals surface area contributed by atoms with Gasteiger partial charge in [0, 0.05) is 30.2 Å². The van der Waals surface area contributed by atoms with Crippen LogP contribution in [0.1, 0.15) is 29.9 Å². The van der Waals surface area contributed by atoms with Crippen molar-refractivity contribution in [1.29, 1.82) is 0 Å². The molecule has 1 aliphatic heterocycles. The Morgan fingerprint density at radius 2 is 2.00 bits per heavy atom. The number of aliphatic hydroxyl groups is 1. The summed E-state index contributed by atoms with van der Waals surface area (Å²) < 4.78 is 19.6. The zero-order chi connectivity index (χ0) is 22.8. The molecule has 4 rings (SSSR count). The Labute approximate surface area is 184 Å². The first-order chi connectivity index (χ1) is 15.4. The van der Waals surface area contributed by atoms with Crippen LogP contribution >= 0.6 is 0 Å². The molecule has 1 atom stereocenters. The highest BCUT2D eigenvalue weighted by Gasteiger charge is 2.28. The van der Waals surface area contributed by atoms with Crippen molar-refractivity contribution >= 4 is 22.7 Å². The second-order valence-corrected chi connectivity index (χ2v) is 8.02. The number of phenols is 1. The van der Waals surface area contributed by atoms with Crippen LogP contribution in [0.3, 0.4) is 0 Å². The van der Waals surface area contributed by atoms with Gasteiger partial charge in [-0.3, -0.25) is 0 Å². The molecule has 7 nitrogen and oxygen atoms in total. The molecule has 2 heterocycles. The van der Waals surface area contributed by atoms with E-state index in [0.717, 1.165) is 22.1 Å². The van der Waals surface area contributed by atoms with E-state index in [-0.39, 0.29) is 17.5 Å². The molecule has 8 heteroatoms. The highest BCUT2D eigenvalue weighted by molar-refractivity contribution is 5.99. The van der Waals surface area contributed by atoms with E-state index in [1.54, 1.807) is 31.2 Å². The Hall–Kier alpha value is -3.23. The number of aliphatic hydroxyl groups excluding tert-OH is 1. The third kappa shape index (κ3) is 4.24. The van der Waals surface area contributed by atoms with Gasteiger partial charge in [-0.15, -0.1) is 0 Å². The van der Waals surface area contributed by atoms with E-state index in [1.807, 2.05) is 0 Å². The number of pyridine rings is 1. The fourth-order valence-corrected chi connectivity index (χ4v) is 4.22. The summed E-state index contributed by atoms with van der Waals surface area (Å²) in [5.74, 6) is -1.16. The number of aliphatic carboxylic acids is 1. The van der Waals surface area contributed by atoms with Gasteiger partial charge in [-0.25, -0.2) is 14.2 Å². The number of nitrogens with one attached hydrogen (secondary N) is 1. The molecule has 4 N–H and O–H groups in total. The first-order valence-electron chi connectivity index (χ1n) is 10.5. The summed E-state index contributed by atoms with van der Waals surface area (Å²) in [5.41, 5.74) is 3.31. The van der Waals surface area contributed by atoms with Crippen LogP contribution in [0.2, 0.25) is 0 Å². The number of rotatable bonds is 6. The largest absolute Gasteiger partial charge is 0.508 e. The number of nitrogens with zero attached hydrogens (tertiary/aromatic N) is 1. The fraction of sp³-hybridized carbons (Fsp3) is 0.333. The van der Waals surface area contributed by atoms with Crippen LogP contribution in [0.15, 0.2) is 36.4 Å². The van der Waals surface area contributed by atoms with Crippen molar-refractivity contribution in [2.24, 2.45) is 0 Å². The number of phenolic OH excluding ortho intramolecular Hbond substituents is 1. The lowest BCUT2D eigenvalue weighted by Crippen LogP contribution is -2.34. The van der Waals surface area contributed by atoms with E-state index in [4.69, 9.17) is 4.74 Å². The number of anilines is 1. The van der Waals surface area contributed by atoms with Crippen LogP contribution in [-0.4, -0.2) is 52.1 Å². The van der Waals surface area contributed by atoms with Gasteiger partial charge in [-0.2, -0.15) is 0 Å². The van der Waals surface area contributed by atoms with Gasteiger partial charge in [-0.1, -0.05) is 6.07 Å². The van der Waals surface area contributed by atoms with Gasteiger partial charge in [0.05, 0.1) is 12.1 Å². The average Bonchev–Trinajstić information content (AvgIpc) is 2.78. The molecule has 0 bridgehead atoms. The van der Waals surface area contributed by atoms with Crippen LogP contribution in [0.25, 0.3) is 22.0 Å². The first-order valence-corrected chi connectivity index (χ1v) is 10.5. The van der Waals surface area contributed by atoms with Gasteiger partial charge in [0.15, 0.2) is 0 Å². The van der Waals surface area contributed by atoms with Crippen molar-refractivity contribution < 1.29 is 29.2 Å². The number of fused-ring (bicyclic) bond motifs is 1. The number of halogens is 1. The molecule has 3 aromatic rings. The number of aromatic hydroxyl groups is 1. The molecular weight excluding hydrogens is 415 g/mol. The van der Waals surface area contributed by atoms with Crippen LogP contribution in [0.5, 0.6) is 5.75 Å². The van der Waals surface area contributed by atoms with Crippen molar-refractivity contribution in [2.45, 2.75) is 31.7 Å². The van der Waals surface area contributed by atoms with E-state index in [9.17, 15) is 24.5 Å². The number of carboxylic acid groups (broad SMARTS) is 1. The number of hydrogen-bond donors (Lipinski definition) is 4. The molecular formula is C24H25FN2O5. The van der Waals surface area contributed by atoms with Crippen LogP contribution in [-0.2, 0) is 9.53 Å². The number of hydrogen-bond acceptors (Lipinski definition) is 6. The maximum absolute atomic E-state index is 14.1. The smallest absolute Gasteiger partial charge is 0.328 e. The maximum Gasteiger partial charge on any atom is 0.328 e. The average molecular weight is 440 g/mol. The van der Waals surface area contributed by atoms with E-state index >= 15 is 0 Å². The molecule has 1 aliphatic rings. The van der Waals surface area contributed by atoms with Gasteiger partial charge < -0.3 is 25.4 Å². The van der Waals surface area contributed by atoms with Crippen molar-refractivity contribution in [3.05, 3.63) is 53.3 Å². The molecule has 1 fully saturated rings. The lowest BCUT2D eigenvalue weighted by atomic mass is 9.84. The monoisotopic (exact) mass is 440 g/mol. The Morgan fingerprint density at radius 1 is 1.25 bits per heavy atom. The Bertz CT molecular complexity index is 1160. The molecule has 0 radical (unpaired) electrons. The van der Waals surface area contributed by atoms with Crippen molar-refractivity contribution in [3.8, 4) is 16.9 Å². The molecule has 0 amide bonds. The number of benzene rings is 2. The van der Waals surface area contributed by atoms with Crippen LogP contribution < -0.4 is 5.32 Å². The second kappa shape index (κ2) is 9.10. The predicted molar refractivity (Wildman–Crippen MR) is 118 cm³/mol. The molecule has 0 unspecified atom stereocenters. The lowest BCUT2D eigenvalue weighted by molar-refractivity contribution is -0.138. The summed E-state index contributed by atoms with van der Waals surface area (Å²) in [6.07, 6.45) is 1.42. The first kappa shape index (κ1) is 22.0. The zero-order valence-electron chi connectivity index (χ0n) is 17.6. The highest BCUT2D eigenvalue weighted by Crippen LogP contribution is 2.43. The quantitative estimate of drug-likeness (QED) is 0.461. The molecule has 0 spiro atoms. The molecule has 1 aromatic heterocycles. The number of carboxylic acids is 1. The van der Waals surface area contributed by atoms with Crippen molar-refractivity contribution in [3.63, 3.8) is 0 Å². The summed E-state index contributed by atoms with van der Waals surface area (Å²) in [5, 5.41) is 32.8. The summed E-state index contributed by atoms with van der Waals surface area (Å²) in [4.78, 5) is 16.3. The summed E-state index contributed by atoms with van der Waals surface area (Å²) in [6.45, 7) is 2.19. The van der Waals surface area contributed by atoms with Crippen molar-refractivity contribution in [2.75, 3.05) is 25.1 Å². The van der Waals surface area contributed by atoms with Gasteiger partial charge in [-0.05, 0) is 66.6 Å². The summed E-state index contributed by atoms with van der Waals surface area (Å²) in [6, 6.07) is 8.44. The molecule has 0 aliphatic carbocycles. The van der Waals surface area contributed by atoms with Gasteiger partial charge in [0.25, 0.3) is 0 Å². The van der Waals surface area contributed by atoms with Gasteiger partial charge in [0.2, 0.25) is 0 Å². The highest BCUT2D eigenvalue weighted by atomic mass is 19.1. The predicted octanol–water partition coefficient (Wildman–Crippen LogP) is 3.81.